The van der Waals surface area contributed by atoms with Crippen molar-refractivity contribution in [1.29, 1.82) is 10.7 Å². The minimum absolute atomic E-state index is 0.0363. The number of ether oxygens (including phenoxy) is 2. The molecule has 4 rings (SSSR count). The highest BCUT2D eigenvalue weighted by molar-refractivity contribution is 6.13. The highest BCUT2D eigenvalue weighted by Crippen LogP contribution is 2.62. The number of benzene rings is 2. The molecule has 1 fully saturated rings. The molecule has 150 valence electrons. The third kappa shape index (κ3) is 3.01. The van der Waals surface area contributed by atoms with Crippen molar-refractivity contribution in [2.75, 3.05) is 14.2 Å². The number of allylic oxidation sites excluding steroid dienone is 1. The molecule has 1 saturated carbocycles. The van der Waals surface area contributed by atoms with Gasteiger partial charge in [-0.25, -0.2) is 0 Å². The Labute approximate surface area is 175 Å². The van der Waals surface area contributed by atoms with Crippen LogP contribution in [0.2, 0.25) is 0 Å². The lowest BCUT2D eigenvalue weighted by Gasteiger charge is -2.12. The van der Waals surface area contributed by atoms with Crippen LogP contribution >= 0.6 is 0 Å². The number of nitrogens with zero attached hydrogens (tertiary/aromatic N) is 3. The van der Waals surface area contributed by atoms with Crippen molar-refractivity contribution in [3.63, 3.8) is 0 Å². The van der Waals surface area contributed by atoms with Crippen molar-refractivity contribution in [1.82, 2.24) is 0 Å². The number of nitrogens with one attached hydrogen (secondary N) is 1. The summed E-state index contributed by atoms with van der Waals surface area (Å²) < 4.78 is 12.1. The Hall–Kier alpha value is -3.68. The third-order valence-corrected chi connectivity index (χ3v) is 6.06. The molecule has 2 unspecified atom stereocenters. The fourth-order valence-corrected chi connectivity index (χ4v) is 4.38. The second-order valence-corrected chi connectivity index (χ2v) is 8.00. The van der Waals surface area contributed by atoms with Gasteiger partial charge in [-0.15, -0.1) is 0 Å². The highest BCUT2D eigenvalue weighted by atomic mass is 16.5. The van der Waals surface area contributed by atoms with Crippen LogP contribution in [0.3, 0.4) is 0 Å². The first-order valence-electron chi connectivity index (χ1n) is 9.70. The Morgan fingerprint density at radius 1 is 0.967 bits per heavy atom. The molecule has 0 bridgehead atoms. The standard InChI is InChI=1S/C24H23N4O2/c1-24(2)20-21(24)23(16-7-11-19(30-4)12-8-16)28(17(13-25)14-26)27-22(20)15-5-9-18(29-3)10-6-15/h5-12,20-21,25H,1-4H3/q+1. The van der Waals surface area contributed by atoms with E-state index in [4.69, 9.17) is 20.0 Å². The summed E-state index contributed by atoms with van der Waals surface area (Å²) in [4.78, 5) is 0. The second-order valence-electron chi connectivity index (χ2n) is 8.00. The Morgan fingerprint density at radius 3 is 1.97 bits per heavy atom. The quantitative estimate of drug-likeness (QED) is 0.471. The third-order valence-electron chi connectivity index (χ3n) is 6.06. The van der Waals surface area contributed by atoms with Crippen LogP contribution in [0, 0.1) is 34.0 Å². The van der Waals surface area contributed by atoms with Crippen molar-refractivity contribution in [3.8, 4) is 17.6 Å². The summed E-state index contributed by atoms with van der Waals surface area (Å²) in [6.45, 7) is 4.43. The number of methoxy groups -OCH3 is 2. The van der Waals surface area contributed by atoms with Gasteiger partial charge in [0.25, 0.3) is 0 Å². The summed E-state index contributed by atoms with van der Waals surface area (Å²) in [6.07, 6.45) is 0. The van der Waals surface area contributed by atoms with Gasteiger partial charge in [-0.2, -0.15) is 5.26 Å². The van der Waals surface area contributed by atoms with Gasteiger partial charge in [-0.1, -0.05) is 13.8 Å². The Balaban J connectivity index is 1.93. The van der Waals surface area contributed by atoms with Gasteiger partial charge < -0.3 is 9.47 Å². The maximum atomic E-state index is 9.65. The Bertz CT molecular complexity index is 1150. The zero-order chi connectivity index (χ0) is 21.5. The molecule has 2 aromatic carbocycles. The molecule has 0 radical (unpaired) electrons. The summed E-state index contributed by atoms with van der Waals surface area (Å²) in [5, 5.41) is 22.2. The second kappa shape index (κ2) is 7.29. The Morgan fingerprint density at radius 2 is 1.50 bits per heavy atom. The fraction of sp³-hybridized carbons (Fsp3) is 0.292. The van der Waals surface area contributed by atoms with Crippen LogP contribution in [0.4, 0.5) is 0 Å². The molecule has 0 amide bonds. The Kier molecular flexibility index (Phi) is 4.77. The van der Waals surface area contributed by atoms with E-state index in [0.29, 0.717) is 0 Å². The first-order valence-corrected chi connectivity index (χ1v) is 9.70. The molecular formula is C24H23N4O2+. The zero-order valence-electron chi connectivity index (χ0n) is 17.4. The molecule has 2 aliphatic rings. The van der Waals surface area contributed by atoms with E-state index in [9.17, 15) is 5.26 Å². The number of rotatable bonds is 5. The van der Waals surface area contributed by atoms with E-state index in [0.717, 1.165) is 34.0 Å². The molecule has 1 aliphatic carbocycles. The van der Waals surface area contributed by atoms with Crippen molar-refractivity contribution in [3.05, 3.63) is 65.4 Å². The molecule has 0 spiro atoms. The largest absolute Gasteiger partial charge is 0.497 e. The van der Waals surface area contributed by atoms with E-state index in [1.54, 1.807) is 18.9 Å². The summed E-state index contributed by atoms with van der Waals surface area (Å²) in [5.41, 5.74) is 3.79. The first-order chi connectivity index (χ1) is 14.5. The van der Waals surface area contributed by atoms with Crippen LogP contribution in [0.5, 0.6) is 11.5 Å². The highest BCUT2D eigenvalue weighted by Gasteiger charge is 2.68. The smallest absolute Gasteiger partial charge is 0.376 e. The van der Waals surface area contributed by atoms with Gasteiger partial charge in [0.2, 0.25) is 5.71 Å². The van der Waals surface area contributed by atoms with Crippen molar-refractivity contribution >= 4 is 17.3 Å². The number of hydrogen-bond donors (Lipinski definition) is 1. The number of nitriles is 1. The SMILES string of the molecule is COc1ccc(C2=N[N+](C(=C=N)C#N)=C(c3ccc(OC)cc3)C3C2C3(C)C)cc1. The molecule has 1 aliphatic heterocycles. The van der Waals surface area contributed by atoms with Crippen LogP contribution in [0.15, 0.2) is 59.3 Å². The lowest BCUT2D eigenvalue weighted by atomic mass is 9.98. The van der Waals surface area contributed by atoms with Gasteiger partial charge >= 0.3 is 5.70 Å². The maximum Gasteiger partial charge on any atom is 0.376 e. The fourth-order valence-electron chi connectivity index (χ4n) is 4.38. The minimum Gasteiger partial charge on any atom is -0.497 e. The van der Waals surface area contributed by atoms with Crippen molar-refractivity contribution in [2.45, 2.75) is 13.8 Å². The number of hydrazone groups is 1. The normalized spacial score (nSPS) is 21.0. The van der Waals surface area contributed by atoms with Crippen LogP contribution in [-0.2, 0) is 0 Å². The summed E-state index contributed by atoms with van der Waals surface area (Å²) in [6, 6.07) is 17.6. The van der Waals surface area contributed by atoms with Gasteiger partial charge in [0, 0.05) is 22.1 Å². The van der Waals surface area contributed by atoms with Crippen molar-refractivity contribution in [2.24, 2.45) is 22.4 Å². The number of fused-ring (bicyclic) bond motifs is 1. The van der Waals surface area contributed by atoms with E-state index in [2.05, 4.69) is 25.8 Å². The maximum absolute atomic E-state index is 9.65. The predicted molar refractivity (Wildman–Crippen MR) is 115 cm³/mol. The topological polar surface area (TPSA) is 81.5 Å². The summed E-state index contributed by atoms with van der Waals surface area (Å²) >= 11 is 0. The average Bonchev–Trinajstić information content (AvgIpc) is 3.36. The van der Waals surface area contributed by atoms with Gasteiger partial charge in [0.15, 0.2) is 6.07 Å². The van der Waals surface area contributed by atoms with E-state index in [1.807, 2.05) is 48.5 Å². The molecule has 30 heavy (non-hydrogen) atoms. The van der Waals surface area contributed by atoms with Crippen LogP contribution < -0.4 is 9.47 Å². The molecule has 0 aromatic heterocycles. The van der Waals surface area contributed by atoms with E-state index < -0.39 is 0 Å². The molecule has 1 N–H and O–H groups in total. The van der Waals surface area contributed by atoms with Crippen LogP contribution in [0.1, 0.15) is 25.0 Å². The lowest BCUT2D eigenvalue weighted by molar-refractivity contribution is -0.476. The summed E-state index contributed by atoms with van der Waals surface area (Å²) in [5.74, 6) is 4.18. The molecule has 6 nitrogen and oxygen atoms in total. The molecular weight excluding hydrogens is 376 g/mol. The van der Waals surface area contributed by atoms with Crippen LogP contribution in [0.25, 0.3) is 0 Å². The lowest BCUT2D eigenvalue weighted by Crippen LogP contribution is -2.28. The van der Waals surface area contributed by atoms with E-state index in [1.165, 1.54) is 0 Å². The van der Waals surface area contributed by atoms with E-state index >= 15 is 0 Å². The van der Waals surface area contributed by atoms with E-state index in [-0.39, 0.29) is 22.9 Å². The monoisotopic (exact) mass is 399 g/mol. The van der Waals surface area contributed by atoms with Crippen LogP contribution in [-0.4, -0.2) is 36.2 Å². The van der Waals surface area contributed by atoms with Gasteiger partial charge in [-0.05, 0) is 58.6 Å². The number of hydrogen-bond acceptors (Lipinski definition) is 5. The van der Waals surface area contributed by atoms with Gasteiger partial charge in [0.05, 0.1) is 26.0 Å². The summed E-state index contributed by atoms with van der Waals surface area (Å²) in [7, 11) is 3.27. The molecule has 1 heterocycles. The molecule has 0 saturated heterocycles. The predicted octanol–water partition coefficient (Wildman–Crippen LogP) is 3.85. The minimum atomic E-state index is -0.0363. The first kappa shape index (κ1) is 19.6. The zero-order valence-corrected chi connectivity index (χ0v) is 17.4. The van der Waals surface area contributed by atoms with Crippen molar-refractivity contribution < 1.29 is 14.2 Å². The van der Waals surface area contributed by atoms with Gasteiger partial charge in [0.1, 0.15) is 17.2 Å². The molecule has 2 atom stereocenters. The average molecular weight is 399 g/mol. The molecule has 2 aromatic rings. The van der Waals surface area contributed by atoms with Gasteiger partial charge in [-0.3, -0.25) is 5.41 Å². The molecule has 6 heteroatoms.